The zero-order valence-electron chi connectivity index (χ0n) is 8.07. The molecule has 0 saturated heterocycles. The van der Waals surface area contributed by atoms with Gasteiger partial charge in [-0.15, -0.1) is 0 Å². The lowest BCUT2D eigenvalue weighted by Gasteiger charge is -2.17. The molecule has 0 saturated carbocycles. The van der Waals surface area contributed by atoms with Gasteiger partial charge in [0.25, 0.3) is 0 Å². The number of pyridine rings is 1. The van der Waals surface area contributed by atoms with Crippen molar-refractivity contribution in [1.82, 2.24) is 9.88 Å². The molecule has 1 atom stereocenters. The fraction of sp³-hybridized carbons (Fsp3) is 0.444. The van der Waals surface area contributed by atoms with Gasteiger partial charge < -0.3 is 16.4 Å². The number of rotatable bonds is 3. The normalized spacial score (nSPS) is 13.2. The van der Waals surface area contributed by atoms with E-state index in [-0.39, 0.29) is 6.04 Å². The summed E-state index contributed by atoms with van der Waals surface area (Å²) in [6.45, 7) is 0.774. The Hall–Kier alpha value is -1.13. The Morgan fingerprint density at radius 3 is 2.77 bits per heavy atom. The number of hydrogen-bond acceptors (Lipinski definition) is 4. The van der Waals surface area contributed by atoms with Crippen LogP contribution in [0.2, 0.25) is 0 Å². The smallest absolute Gasteiger partial charge is 0.0459 e. The van der Waals surface area contributed by atoms with Crippen molar-refractivity contribution in [2.24, 2.45) is 5.73 Å². The van der Waals surface area contributed by atoms with Gasteiger partial charge in [-0.3, -0.25) is 4.98 Å². The number of aromatic nitrogens is 1. The van der Waals surface area contributed by atoms with E-state index in [2.05, 4.69) is 4.98 Å². The first kappa shape index (κ1) is 9.95. The highest BCUT2D eigenvalue weighted by Gasteiger charge is 2.09. The third-order valence-electron chi connectivity index (χ3n) is 1.85. The summed E-state index contributed by atoms with van der Waals surface area (Å²) in [6.07, 6.45) is 3.39. The molecular weight excluding hydrogens is 164 g/mol. The van der Waals surface area contributed by atoms with Crippen molar-refractivity contribution in [2.75, 3.05) is 26.4 Å². The van der Waals surface area contributed by atoms with Gasteiger partial charge in [-0.2, -0.15) is 0 Å². The van der Waals surface area contributed by atoms with Crippen molar-refractivity contribution in [1.29, 1.82) is 0 Å². The maximum Gasteiger partial charge on any atom is 0.0459 e. The summed E-state index contributed by atoms with van der Waals surface area (Å²) in [4.78, 5) is 6.02. The standard InChI is InChI=1S/C9H16N4/c1-13(2)6-9(11)7-5-12-4-3-8(7)10/h3-5,9H,6,11H2,1-2H3,(H2,10,12). The van der Waals surface area contributed by atoms with Gasteiger partial charge in [0.05, 0.1) is 0 Å². The fourth-order valence-electron chi connectivity index (χ4n) is 1.22. The highest BCUT2D eigenvalue weighted by Crippen LogP contribution is 2.16. The summed E-state index contributed by atoms with van der Waals surface area (Å²) >= 11 is 0. The second kappa shape index (κ2) is 4.20. The molecule has 4 nitrogen and oxygen atoms in total. The first-order chi connectivity index (χ1) is 6.11. The van der Waals surface area contributed by atoms with Gasteiger partial charge >= 0.3 is 0 Å². The fourth-order valence-corrected chi connectivity index (χ4v) is 1.22. The Balaban J connectivity index is 2.76. The van der Waals surface area contributed by atoms with E-state index in [1.54, 1.807) is 18.5 Å². The topological polar surface area (TPSA) is 68.2 Å². The van der Waals surface area contributed by atoms with E-state index in [9.17, 15) is 0 Å². The van der Waals surface area contributed by atoms with Crippen LogP contribution in [-0.4, -0.2) is 30.5 Å². The van der Waals surface area contributed by atoms with Crippen molar-refractivity contribution < 1.29 is 0 Å². The molecule has 4 N–H and O–H groups in total. The van der Waals surface area contributed by atoms with Crippen molar-refractivity contribution in [3.8, 4) is 0 Å². The predicted molar refractivity (Wildman–Crippen MR) is 54.1 cm³/mol. The second-order valence-corrected chi connectivity index (χ2v) is 3.37. The van der Waals surface area contributed by atoms with E-state index in [1.165, 1.54) is 0 Å². The number of nitrogens with zero attached hydrogens (tertiary/aromatic N) is 2. The zero-order chi connectivity index (χ0) is 9.84. The van der Waals surface area contributed by atoms with Gasteiger partial charge in [-0.05, 0) is 20.2 Å². The molecule has 0 aliphatic rings. The van der Waals surface area contributed by atoms with Crippen LogP contribution in [0.25, 0.3) is 0 Å². The largest absolute Gasteiger partial charge is 0.398 e. The molecule has 1 heterocycles. The lowest BCUT2D eigenvalue weighted by molar-refractivity contribution is 0.377. The van der Waals surface area contributed by atoms with Crippen LogP contribution in [0.3, 0.4) is 0 Å². The van der Waals surface area contributed by atoms with Crippen molar-refractivity contribution in [3.05, 3.63) is 24.0 Å². The predicted octanol–water partition coefficient (Wildman–Crippen LogP) is 0.225. The van der Waals surface area contributed by atoms with E-state index in [0.29, 0.717) is 5.69 Å². The van der Waals surface area contributed by atoms with Crippen LogP contribution in [0.5, 0.6) is 0 Å². The number of anilines is 1. The van der Waals surface area contributed by atoms with Gasteiger partial charge in [0, 0.05) is 36.2 Å². The molecule has 13 heavy (non-hydrogen) atoms. The monoisotopic (exact) mass is 180 g/mol. The minimum Gasteiger partial charge on any atom is -0.398 e. The Labute approximate surface area is 78.6 Å². The van der Waals surface area contributed by atoms with E-state index >= 15 is 0 Å². The Morgan fingerprint density at radius 1 is 1.54 bits per heavy atom. The quantitative estimate of drug-likeness (QED) is 0.698. The van der Waals surface area contributed by atoms with Crippen LogP contribution in [0.4, 0.5) is 5.69 Å². The van der Waals surface area contributed by atoms with Crippen LogP contribution in [0.15, 0.2) is 18.5 Å². The summed E-state index contributed by atoms with van der Waals surface area (Å²) < 4.78 is 0. The summed E-state index contributed by atoms with van der Waals surface area (Å²) in [5, 5.41) is 0. The van der Waals surface area contributed by atoms with E-state index in [4.69, 9.17) is 11.5 Å². The van der Waals surface area contributed by atoms with Crippen LogP contribution < -0.4 is 11.5 Å². The SMILES string of the molecule is CN(C)CC(N)c1cnccc1N. The van der Waals surface area contributed by atoms with Crippen LogP contribution >= 0.6 is 0 Å². The summed E-state index contributed by atoms with van der Waals surface area (Å²) in [5.41, 5.74) is 13.3. The molecule has 0 radical (unpaired) electrons. The number of hydrogen-bond donors (Lipinski definition) is 2. The van der Waals surface area contributed by atoms with Gasteiger partial charge in [0.1, 0.15) is 0 Å². The van der Waals surface area contributed by atoms with Gasteiger partial charge in [0.15, 0.2) is 0 Å². The molecule has 0 fully saturated rings. The lowest BCUT2D eigenvalue weighted by atomic mass is 10.1. The molecule has 0 aliphatic heterocycles. The minimum atomic E-state index is -0.0660. The molecule has 0 aromatic carbocycles. The lowest BCUT2D eigenvalue weighted by Crippen LogP contribution is -2.26. The maximum atomic E-state index is 5.94. The Morgan fingerprint density at radius 2 is 2.23 bits per heavy atom. The summed E-state index contributed by atoms with van der Waals surface area (Å²) in [7, 11) is 3.96. The molecule has 0 amide bonds. The molecular formula is C9H16N4. The van der Waals surface area contributed by atoms with Crippen LogP contribution in [0.1, 0.15) is 11.6 Å². The molecule has 0 spiro atoms. The average molecular weight is 180 g/mol. The second-order valence-electron chi connectivity index (χ2n) is 3.37. The molecule has 1 aromatic rings. The van der Waals surface area contributed by atoms with E-state index in [0.717, 1.165) is 12.1 Å². The number of nitrogens with two attached hydrogens (primary N) is 2. The van der Waals surface area contributed by atoms with E-state index < -0.39 is 0 Å². The number of nitrogen functional groups attached to an aromatic ring is 1. The third kappa shape index (κ3) is 2.68. The first-order valence-electron chi connectivity index (χ1n) is 4.21. The summed E-state index contributed by atoms with van der Waals surface area (Å²) in [5.74, 6) is 0. The van der Waals surface area contributed by atoms with Gasteiger partial charge in [-0.1, -0.05) is 0 Å². The summed E-state index contributed by atoms with van der Waals surface area (Å²) in [6, 6.07) is 1.70. The Kier molecular flexibility index (Phi) is 3.22. The van der Waals surface area contributed by atoms with Crippen molar-refractivity contribution in [2.45, 2.75) is 6.04 Å². The minimum absolute atomic E-state index is 0.0660. The molecule has 0 bridgehead atoms. The molecule has 4 heteroatoms. The van der Waals surface area contributed by atoms with Crippen LogP contribution in [-0.2, 0) is 0 Å². The molecule has 1 aromatic heterocycles. The molecule has 72 valence electrons. The van der Waals surface area contributed by atoms with Crippen LogP contribution in [0, 0.1) is 0 Å². The Bertz CT molecular complexity index is 272. The molecule has 1 unspecified atom stereocenters. The highest BCUT2D eigenvalue weighted by atomic mass is 15.1. The third-order valence-corrected chi connectivity index (χ3v) is 1.85. The first-order valence-corrected chi connectivity index (χ1v) is 4.21. The van der Waals surface area contributed by atoms with Crippen molar-refractivity contribution in [3.63, 3.8) is 0 Å². The van der Waals surface area contributed by atoms with Gasteiger partial charge in [-0.25, -0.2) is 0 Å². The maximum absolute atomic E-state index is 5.94. The van der Waals surface area contributed by atoms with Crippen molar-refractivity contribution >= 4 is 5.69 Å². The molecule has 1 rings (SSSR count). The number of likely N-dealkylation sites (N-methyl/N-ethyl adjacent to an activating group) is 1. The van der Waals surface area contributed by atoms with Gasteiger partial charge in [0.2, 0.25) is 0 Å². The van der Waals surface area contributed by atoms with E-state index in [1.807, 2.05) is 19.0 Å². The zero-order valence-corrected chi connectivity index (χ0v) is 8.07. The average Bonchev–Trinajstić information content (AvgIpc) is 2.03. The highest BCUT2D eigenvalue weighted by molar-refractivity contribution is 5.46. The molecule has 0 aliphatic carbocycles.